The number of halogens is 1. The monoisotopic (exact) mass is 307 g/mol. The van der Waals surface area contributed by atoms with Crippen LogP contribution >= 0.6 is 27.3 Å². The first-order valence-corrected chi connectivity index (χ1v) is 6.51. The summed E-state index contributed by atoms with van der Waals surface area (Å²) in [5, 5.41) is 1.92. The summed E-state index contributed by atoms with van der Waals surface area (Å²) in [6.07, 6.45) is 1.63. The number of hydrogen-bond donors (Lipinski definition) is 1. The van der Waals surface area contributed by atoms with Crippen LogP contribution in [0.15, 0.2) is 39.0 Å². The van der Waals surface area contributed by atoms with Gasteiger partial charge in [-0.3, -0.25) is 4.79 Å². The molecule has 0 fully saturated rings. The van der Waals surface area contributed by atoms with Crippen molar-refractivity contribution in [3.8, 4) is 10.6 Å². The molecule has 0 aliphatic heterocycles. The van der Waals surface area contributed by atoms with E-state index in [1.165, 1.54) is 11.3 Å². The van der Waals surface area contributed by atoms with E-state index < -0.39 is 0 Å². The Labute approximate surface area is 108 Å². The molecule has 1 N–H and O–H groups in total. The standard InChI is InChI=1S/C11H6BrN3OS/c12-6-4-7-10(13-5-6)15-11(16)9(14-7)8-2-1-3-17-8/h1-5H,(H,13,15,16). The van der Waals surface area contributed by atoms with Crippen LogP contribution in [-0.2, 0) is 0 Å². The first-order valence-electron chi connectivity index (χ1n) is 4.83. The van der Waals surface area contributed by atoms with E-state index in [-0.39, 0.29) is 5.56 Å². The molecule has 0 aliphatic rings. The normalized spacial score (nSPS) is 10.9. The molecule has 3 aromatic heterocycles. The average Bonchev–Trinajstić information content (AvgIpc) is 2.82. The van der Waals surface area contributed by atoms with E-state index in [0.717, 1.165) is 9.35 Å². The van der Waals surface area contributed by atoms with E-state index in [1.54, 1.807) is 6.20 Å². The summed E-state index contributed by atoms with van der Waals surface area (Å²) in [6.45, 7) is 0. The van der Waals surface area contributed by atoms with Crippen LogP contribution in [0.4, 0.5) is 0 Å². The van der Waals surface area contributed by atoms with Gasteiger partial charge in [0.05, 0.1) is 4.88 Å². The van der Waals surface area contributed by atoms with Crippen molar-refractivity contribution < 1.29 is 0 Å². The fourth-order valence-corrected chi connectivity index (χ4v) is 2.56. The van der Waals surface area contributed by atoms with Crippen molar-refractivity contribution in [1.29, 1.82) is 0 Å². The molecule has 6 heteroatoms. The number of H-pyrrole nitrogens is 1. The summed E-state index contributed by atoms with van der Waals surface area (Å²) < 4.78 is 0.835. The molecule has 0 saturated heterocycles. The van der Waals surface area contributed by atoms with Gasteiger partial charge in [-0.15, -0.1) is 11.3 Å². The summed E-state index contributed by atoms with van der Waals surface area (Å²) >= 11 is 4.82. The third-order valence-electron chi connectivity index (χ3n) is 2.27. The highest BCUT2D eigenvalue weighted by Crippen LogP contribution is 2.21. The highest BCUT2D eigenvalue weighted by Gasteiger charge is 2.08. The van der Waals surface area contributed by atoms with E-state index in [4.69, 9.17) is 0 Å². The van der Waals surface area contributed by atoms with E-state index in [9.17, 15) is 4.79 Å². The molecule has 0 bridgehead atoms. The number of aromatic nitrogens is 3. The highest BCUT2D eigenvalue weighted by molar-refractivity contribution is 9.10. The molecule has 84 valence electrons. The van der Waals surface area contributed by atoms with Crippen LogP contribution in [0.25, 0.3) is 21.7 Å². The van der Waals surface area contributed by atoms with Gasteiger partial charge in [0.25, 0.3) is 5.56 Å². The Kier molecular flexibility index (Phi) is 2.53. The minimum absolute atomic E-state index is 0.213. The predicted octanol–water partition coefficient (Wildman–Crippen LogP) is 2.81. The second-order valence-electron chi connectivity index (χ2n) is 3.41. The van der Waals surface area contributed by atoms with Gasteiger partial charge >= 0.3 is 0 Å². The van der Waals surface area contributed by atoms with Crippen LogP contribution in [0.5, 0.6) is 0 Å². The maximum atomic E-state index is 11.9. The Bertz CT molecular complexity index is 736. The van der Waals surface area contributed by atoms with Crippen LogP contribution in [0.3, 0.4) is 0 Å². The highest BCUT2D eigenvalue weighted by atomic mass is 79.9. The topological polar surface area (TPSA) is 58.6 Å². The average molecular weight is 308 g/mol. The minimum atomic E-state index is -0.213. The van der Waals surface area contributed by atoms with Crippen molar-refractivity contribution in [1.82, 2.24) is 15.0 Å². The largest absolute Gasteiger partial charge is 0.303 e. The van der Waals surface area contributed by atoms with Gasteiger partial charge in [0.1, 0.15) is 11.2 Å². The van der Waals surface area contributed by atoms with Crippen molar-refractivity contribution in [3.05, 3.63) is 44.6 Å². The summed E-state index contributed by atoms with van der Waals surface area (Å²) in [5.41, 5.74) is 1.39. The van der Waals surface area contributed by atoms with Crippen LogP contribution in [0.1, 0.15) is 0 Å². The smallest absolute Gasteiger partial charge is 0.276 e. The summed E-state index contributed by atoms with van der Waals surface area (Å²) in [6, 6.07) is 5.60. The molecular weight excluding hydrogens is 302 g/mol. The van der Waals surface area contributed by atoms with Gasteiger partial charge in [-0.25, -0.2) is 9.97 Å². The molecule has 0 atom stereocenters. The van der Waals surface area contributed by atoms with Crippen molar-refractivity contribution in [3.63, 3.8) is 0 Å². The Balaban J connectivity index is 2.33. The summed E-state index contributed by atoms with van der Waals surface area (Å²) in [4.78, 5) is 23.9. The maximum Gasteiger partial charge on any atom is 0.276 e. The van der Waals surface area contributed by atoms with Crippen molar-refractivity contribution in [2.45, 2.75) is 0 Å². The molecule has 0 spiro atoms. The van der Waals surface area contributed by atoms with E-state index in [2.05, 4.69) is 30.9 Å². The lowest BCUT2D eigenvalue weighted by atomic mass is 10.3. The lowest BCUT2D eigenvalue weighted by Crippen LogP contribution is -2.11. The number of rotatable bonds is 1. The van der Waals surface area contributed by atoms with Crippen LogP contribution in [0.2, 0.25) is 0 Å². The number of hydrogen-bond acceptors (Lipinski definition) is 4. The number of thiophene rings is 1. The van der Waals surface area contributed by atoms with Crippen LogP contribution in [-0.4, -0.2) is 15.0 Å². The molecule has 0 radical (unpaired) electrons. The predicted molar refractivity (Wildman–Crippen MR) is 71.2 cm³/mol. The van der Waals surface area contributed by atoms with Gasteiger partial charge in [-0.1, -0.05) is 6.07 Å². The molecule has 3 aromatic rings. The Morgan fingerprint density at radius 3 is 3.06 bits per heavy atom. The zero-order valence-corrected chi connectivity index (χ0v) is 10.9. The molecule has 0 aliphatic carbocycles. The van der Waals surface area contributed by atoms with E-state index in [0.29, 0.717) is 16.9 Å². The van der Waals surface area contributed by atoms with Crippen molar-refractivity contribution >= 4 is 38.4 Å². The minimum Gasteiger partial charge on any atom is -0.303 e. The van der Waals surface area contributed by atoms with E-state index >= 15 is 0 Å². The first kappa shape index (κ1) is 10.6. The fourth-order valence-electron chi connectivity index (χ4n) is 1.53. The number of aromatic amines is 1. The third kappa shape index (κ3) is 1.89. The quantitative estimate of drug-likeness (QED) is 0.752. The fraction of sp³-hybridized carbons (Fsp3) is 0. The Hall–Kier alpha value is -1.53. The zero-order chi connectivity index (χ0) is 11.8. The Morgan fingerprint density at radius 2 is 2.29 bits per heavy atom. The van der Waals surface area contributed by atoms with Gasteiger partial charge in [0.15, 0.2) is 5.65 Å². The lowest BCUT2D eigenvalue weighted by Gasteiger charge is -2.00. The molecule has 3 heterocycles. The number of nitrogens with one attached hydrogen (secondary N) is 1. The molecular formula is C11H6BrN3OS. The second-order valence-corrected chi connectivity index (χ2v) is 5.28. The molecule has 4 nitrogen and oxygen atoms in total. The number of fused-ring (bicyclic) bond motifs is 1. The van der Waals surface area contributed by atoms with Crippen molar-refractivity contribution in [2.75, 3.05) is 0 Å². The molecule has 0 amide bonds. The van der Waals surface area contributed by atoms with Crippen molar-refractivity contribution in [2.24, 2.45) is 0 Å². The lowest BCUT2D eigenvalue weighted by molar-refractivity contribution is 1.17. The first-order chi connectivity index (χ1) is 8.24. The number of nitrogens with zero attached hydrogens (tertiary/aromatic N) is 2. The van der Waals surface area contributed by atoms with Gasteiger partial charge in [-0.05, 0) is 33.4 Å². The zero-order valence-electron chi connectivity index (χ0n) is 8.48. The van der Waals surface area contributed by atoms with Crippen LogP contribution < -0.4 is 5.56 Å². The molecule has 0 aromatic carbocycles. The van der Waals surface area contributed by atoms with Gasteiger partial charge < -0.3 is 4.98 Å². The molecule has 0 saturated carbocycles. The molecule has 0 unspecified atom stereocenters. The summed E-state index contributed by atoms with van der Waals surface area (Å²) in [5.74, 6) is 0. The number of pyridine rings is 1. The molecule has 3 rings (SSSR count). The SMILES string of the molecule is O=c1[nH]c2ncc(Br)cc2nc1-c1cccs1. The summed E-state index contributed by atoms with van der Waals surface area (Å²) in [7, 11) is 0. The molecule has 17 heavy (non-hydrogen) atoms. The van der Waals surface area contributed by atoms with Gasteiger partial charge in [0.2, 0.25) is 0 Å². The second kappa shape index (κ2) is 4.05. The maximum absolute atomic E-state index is 11.9. The van der Waals surface area contributed by atoms with E-state index in [1.807, 2.05) is 23.6 Å². The Morgan fingerprint density at radius 1 is 1.41 bits per heavy atom. The van der Waals surface area contributed by atoms with Gasteiger partial charge in [-0.2, -0.15) is 0 Å². The van der Waals surface area contributed by atoms with Crippen LogP contribution in [0, 0.1) is 0 Å². The van der Waals surface area contributed by atoms with Gasteiger partial charge in [0, 0.05) is 10.7 Å². The third-order valence-corrected chi connectivity index (χ3v) is 3.58.